The lowest BCUT2D eigenvalue weighted by Crippen LogP contribution is -2.30. The van der Waals surface area contributed by atoms with Crippen molar-refractivity contribution in [3.63, 3.8) is 0 Å². The summed E-state index contributed by atoms with van der Waals surface area (Å²) in [6.07, 6.45) is 5.90. The third-order valence-electron chi connectivity index (χ3n) is 6.14. The van der Waals surface area contributed by atoms with Gasteiger partial charge in [0, 0.05) is 42.8 Å². The van der Waals surface area contributed by atoms with Gasteiger partial charge in [-0.3, -0.25) is 9.69 Å². The van der Waals surface area contributed by atoms with Crippen LogP contribution in [0.3, 0.4) is 0 Å². The first-order valence-corrected chi connectivity index (χ1v) is 12.5. The van der Waals surface area contributed by atoms with Crippen LogP contribution in [0.1, 0.15) is 24.8 Å². The van der Waals surface area contributed by atoms with E-state index in [4.69, 9.17) is 21.1 Å². The number of rotatable bonds is 11. The van der Waals surface area contributed by atoms with Gasteiger partial charge in [0.2, 0.25) is 0 Å². The number of likely N-dealkylation sites (tertiary alicyclic amines) is 1. The van der Waals surface area contributed by atoms with Crippen molar-refractivity contribution >= 4 is 39.8 Å². The van der Waals surface area contributed by atoms with Crippen LogP contribution >= 0.6 is 11.6 Å². The SMILES string of the molecule is COCCOc1cc2ncnc(Nc3ccc(F)c(Cl)c3)c2cc1CC(=O)C(F)=CCN1CCCCC1. The predicted octanol–water partition coefficient (Wildman–Crippen LogP) is 5.64. The highest BCUT2D eigenvalue weighted by Crippen LogP contribution is 2.31. The quantitative estimate of drug-likeness (QED) is 0.254. The molecule has 0 aliphatic carbocycles. The second-order valence-corrected chi connectivity index (χ2v) is 9.21. The molecule has 196 valence electrons. The standard InChI is InChI=1S/C27H29ClF2N4O3/c1-36-11-12-37-26-16-24-20(27(32-17-31-24)33-19-5-6-22(29)21(28)15-19)13-18(26)14-25(35)23(30)7-10-34-8-3-2-4-9-34/h5-7,13,15-17H,2-4,8-12,14H2,1H3,(H,31,32,33). The van der Waals surface area contributed by atoms with Crippen LogP contribution in [0.25, 0.3) is 10.9 Å². The molecule has 1 N–H and O–H groups in total. The van der Waals surface area contributed by atoms with Gasteiger partial charge in [-0.2, -0.15) is 0 Å². The number of nitrogens with one attached hydrogen (secondary N) is 1. The minimum atomic E-state index is -0.767. The molecular formula is C27H29ClF2N4O3. The number of fused-ring (bicyclic) bond motifs is 1. The van der Waals surface area contributed by atoms with Gasteiger partial charge in [-0.1, -0.05) is 18.0 Å². The van der Waals surface area contributed by atoms with Gasteiger partial charge < -0.3 is 14.8 Å². The summed E-state index contributed by atoms with van der Waals surface area (Å²) in [7, 11) is 1.56. The van der Waals surface area contributed by atoms with Crippen LogP contribution in [-0.2, 0) is 16.0 Å². The van der Waals surface area contributed by atoms with Crippen molar-refractivity contribution < 1.29 is 23.0 Å². The lowest BCUT2D eigenvalue weighted by Gasteiger charge is -2.24. The van der Waals surface area contributed by atoms with Gasteiger partial charge in [0.15, 0.2) is 11.6 Å². The molecule has 0 atom stereocenters. The Labute approximate surface area is 219 Å². The van der Waals surface area contributed by atoms with E-state index in [0.717, 1.165) is 25.9 Å². The number of Topliss-reactive ketones (excluding diaryl/α,β-unsaturated/α-hetero) is 1. The number of piperidine rings is 1. The molecule has 0 amide bonds. The summed E-state index contributed by atoms with van der Waals surface area (Å²) in [4.78, 5) is 23.6. The lowest BCUT2D eigenvalue weighted by molar-refractivity contribution is -0.116. The monoisotopic (exact) mass is 530 g/mol. The summed E-state index contributed by atoms with van der Waals surface area (Å²) in [6.45, 7) is 2.83. The van der Waals surface area contributed by atoms with E-state index in [-0.39, 0.29) is 18.1 Å². The van der Waals surface area contributed by atoms with E-state index in [1.54, 1.807) is 19.2 Å². The van der Waals surface area contributed by atoms with Crippen molar-refractivity contribution in [3.05, 3.63) is 65.0 Å². The van der Waals surface area contributed by atoms with Crippen LogP contribution < -0.4 is 10.1 Å². The average molecular weight is 531 g/mol. The Bertz CT molecular complexity index is 1280. The maximum atomic E-state index is 14.8. The first-order valence-electron chi connectivity index (χ1n) is 12.2. The van der Waals surface area contributed by atoms with Crippen molar-refractivity contribution in [2.45, 2.75) is 25.7 Å². The van der Waals surface area contributed by atoms with Gasteiger partial charge >= 0.3 is 0 Å². The molecular weight excluding hydrogens is 502 g/mol. The number of aromatic nitrogens is 2. The van der Waals surface area contributed by atoms with Gasteiger partial charge in [0.1, 0.15) is 30.3 Å². The minimum absolute atomic E-state index is 0.0321. The summed E-state index contributed by atoms with van der Waals surface area (Å²) in [6, 6.07) is 7.62. The molecule has 0 radical (unpaired) electrons. The number of benzene rings is 2. The number of ketones is 1. The largest absolute Gasteiger partial charge is 0.491 e. The molecule has 3 aromatic rings. The fourth-order valence-corrected chi connectivity index (χ4v) is 4.35. The molecule has 0 saturated carbocycles. The number of methoxy groups -OCH3 is 1. The summed E-state index contributed by atoms with van der Waals surface area (Å²) in [5.41, 5.74) is 1.57. The highest BCUT2D eigenvalue weighted by Gasteiger charge is 2.18. The molecule has 1 fully saturated rings. The molecule has 1 aliphatic heterocycles. The molecule has 2 heterocycles. The number of hydrogen-bond acceptors (Lipinski definition) is 7. The van der Waals surface area contributed by atoms with Crippen molar-refractivity contribution in [1.82, 2.24) is 14.9 Å². The Balaban J connectivity index is 1.61. The fourth-order valence-electron chi connectivity index (χ4n) is 4.17. The number of carbonyl (C=O) groups excluding carboxylic acids is 1. The molecule has 1 saturated heterocycles. The van der Waals surface area contributed by atoms with E-state index in [2.05, 4.69) is 20.2 Å². The third kappa shape index (κ3) is 7.21. The smallest absolute Gasteiger partial charge is 0.195 e. The van der Waals surface area contributed by atoms with Gasteiger partial charge in [0.25, 0.3) is 0 Å². The molecule has 0 spiro atoms. The fraction of sp³-hybridized carbons (Fsp3) is 0.370. The van der Waals surface area contributed by atoms with E-state index >= 15 is 0 Å². The Morgan fingerprint density at radius 3 is 2.73 bits per heavy atom. The van der Waals surface area contributed by atoms with Crippen LogP contribution in [0.15, 0.2) is 48.6 Å². The highest BCUT2D eigenvalue weighted by atomic mass is 35.5. The zero-order valence-electron chi connectivity index (χ0n) is 20.6. The highest BCUT2D eigenvalue weighted by molar-refractivity contribution is 6.31. The topological polar surface area (TPSA) is 76.6 Å². The van der Waals surface area contributed by atoms with Crippen molar-refractivity contribution in [3.8, 4) is 5.75 Å². The number of allylic oxidation sites excluding steroid dienone is 1. The van der Waals surface area contributed by atoms with E-state index in [1.165, 1.54) is 37.0 Å². The Kier molecular flexibility index (Phi) is 9.38. The summed E-state index contributed by atoms with van der Waals surface area (Å²) in [5, 5.41) is 3.66. The Morgan fingerprint density at radius 2 is 1.97 bits per heavy atom. The average Bonchev–Trinajstić information content (AvgIpc) is 2.90. The molecule has 0 bridgehead atoms. The molecule has 4 rings (SSSR count). The number of hydrogen-bond donors (Lipinski definition) is 1. The van der Waals surface area contributed by atoms with E-state index in [9.17, 15) is 13.6 Å². The van der Waals surface area contributed by atoms with Crippen molar-refractivity contribution in [2.75, 3.05) is 45.3 Å². The van der Waals surface area contributed by atoms with E-state index < -0.39 is 17.4 Å². The lowest BCUT2D eigenvalue weighted by atomic mass is 10.0. The molecule has 10 heteroatoms. The maximum absolute atomic E-state index is 14.8. The van der Waals surface area contributed by atoms with Crippen LogP contribution in [0.4, 0.5) is 20.3 Å². The summed E-state index contributed by atoms with van der Waals surface area (Å²) < 4.78 is 39.3. The van der Waals surface area contributed by atoms with Crippen LogP contribution in [0.2, 0.25) is 5.02 Å². The molecule has 1 aliphatic rings. The third-order valence-corrected chi connectivity index (χ3v) is 6.43. The number of ether oxygens (including phenoxy) is 2. The Hall–Kier alpha value is -3.14. The van der Waals surface area contributed by atoms with Gasteiger partial charge in [-0.05, 0) is 56.3 Å². The minimum Gasteiger partial charge on any atom is -0.491 e. The van der Waals surface area contributed by atoms with Gasteiger partial charge in [-0.25, -0.2) is 18.7 Å². The van der Waals surface area contributed by atoms with Crippen molar-refractivity contribution in [1.29, 1.82) is 0 Å². The molecule has 1 aromatic heterocycles. The molecule has 0 unspecified atom stereocenters. The van der Waals surface area contributed by atoms with Crippen LogP contribution in [0, 0.1) is 5.82 Å². The van der Waals surface area contributed by atoms with E-state index in [1.807, 2.05) is 0 Å². The van der Waals surface area contributed by atoms with Gasteiger partial charge in [0.05, 0.1) is 17.1 Å². The van der Waals surface area contributed by atoms with Crippen LogP contribution in [0.5, 0.6) is 5.75 Å². The maximum Gasteiger partial charge on any atom is 0.195 e. The van der Waals surface area contributed by atoms with Crippen LogP contribution in [-0.4, -0.2) is 60.6 Å². The summed E-state index contributed by atoms with van der Waals surface area (Å²) in [5.74, 6) is -1.10. The number of nitrogens with zero attached hydrogens (tertiary/aromatic N) is 3. The first kappa shape index (κ1) is 26.9. The first-order chi connectivity index (χ1) is 17.9. The number of anilines is 2. The van der Waals surface area contributed by atoms with E-state index in [0.29, 0.717) is 46.9 Å². The second-order valence-electron chi connectivity index (χ2n) is 8.81. The molecule has 2 aromatic carbocycles. The van der Waals surface area contributed by atoms with Crippen molar-refractivity contribution in [2.24, 2.45) is 0 Å². The molecule has 37 heavy (non-hydrogen) atoms. The zero-order valence-corrected chi connectivity index (χ0v) is 21.4. The summed E-state index contributed by atoms with van der Waals surface area (Å²) >= 11 is 5.91. The second kappa shape index (κ2) is 12.9. The zero-order chi connectivity index (χ0) is 26.2. The Morgan fingerprint density at radius 1 is 1.16 bits per heavy atom. The van der Waals surface area contributed by atoms with Gasteiger partial charge in [-0.15, -0.1) is 0 Å². The normalized spacial score (nSPS) is 14.6. The predicted molar refractivity (Wildman–Crippen MR) is 140 cm³/mol. The molecule has 7 nitrogen and oxygen atoms in total. The number of carbonyl (C=O) groups is 1. The number of halogens is 3.